The lowest BCUT2D eigenvalue weighted by molar-refractivity contribution is -0.121. The summed E-state index contributed by atoms with van der Waals surface area (Å²) in [4.78, 5) is 28.2. The highest BCUT2D eigenvalue weighted by molar-refractivity contribution is 6.07. The first-order valence-corrected chi connectivity index (χ1v) is 9.81. The number of aromatic hydroxyl groups is 1. The van der Waals surface area contributed by atoms with Crippen molar-refractivity contribution >= 4 is 17.4 Å². The first-order valence-electron chi connectivity index (χ1n) is 9.81. The summed E-state index contributed by atoms with van der Waals surface area (Å²) in [5.74, 6) is 0.671. The highest BCUT2D eigenvalue weighted by Crippen LogP contribution is 2.48. The van der Waals surface area contributed by atoms with E-state index in [1.54, 1.807) is 36.3 Å². The number of hydrogen-bond donors (Lipinski definition) is 1. The number of nitrogens with zero attached hydrogens (tertiary/aromatic N) is 1. The Bertz CT molecular complexity index is 987. The number of allylic oxidation sites excluding steroid dienone is 2. The van der Waals surface area contributed by atoms with E-state index in [2.05, 4.69) is 13.8 Å². The number of phenolic OH excluding ortho intramolecular Hbond substituents is 1. The van der Waals surface area contributed by atoms with E-state index in [4.69, 9.17) is 4.74 Å². The molecule has 0 radical (unpaired) electrons. The lowest BCUT2D eigenvalue weighted by atomic mass is 9.69. The van der Waals surface area contributed by atoms with Crippen LogP contribution in [0.2, 0.25) is 0 Å². The van der Waals surface area contributed by atoms with Crippen molar-refractivity contribution in [2.75, 3.05) is 12.0 Å². The summed E-state index contributed by atoms with van der Waals surface area (Å²) in [6.45, 7) is 4.13. The molecule has 2 aromatic carbocycles. The fraction of sp³-hybridized carbons (Fsp3) is 0.333. The number of carbonyl (C=O) groups excluding carboxylic acids is 2. The third-order valence-corrected chi connectivity index (χ3v) is 5.77. The number of phenols is 1. The maximum atomic E-state index is 13.3. The number of anilines is 1. The highest BCUT2D eigenvalue weighted by Gasteiger charge is 2.44. The summed E-state index contributed by atoms with van der Waals surface area (Å²) in [5, 5.41) is 9.63. The van der Waals surface area contributed by atoms with Gasteiger partial charge in [-0.2, -0.15) is 0 Å². The van der Waals surface area contributed by atoms with Gasteiger partial charge >= 0.3 is 0 Å². The van der Waals surface area contributed by atoms with Crippen LogP contribution in [0.4, 0.5) is 5.69 Å². The van der Waals surface area contributed by atoms with E-state index in [0.717, 1.165) is 28.3 Å². The SMILES string of the molecule is COc1ccc(N2C(=O)CC(c3ccc(O)cc3)C3=C2CC(C)(C)CC3=O)cc1. The molecule has 4 rings (SSSR count). The Balaban J connectivity index is 1.86. The van der Waals surface area contributed by atoms with Gasteiger partial charge in [-0.05, 0) is 53.8 Å². The molecule has 1 heterocycles. The van der Waals surface area contributed by atoms with Gasteiger partial charge in [0.1, 0.15) is 11.5 Å². The van der Waals surface area contributed by atoms with Crippen molar-refractivity contribution in [1.29, 1.82) is 0 Å². The predicted molar refractivity (Wildman–Crippen MR) is 111 cm³/mol. The van der Waals surface area contributed by atoms with Gasteiger partial charge in [0, 0.05) is 35.7 Å². The van der Waals surface area contributed by atoms with Crippen LogP contribution in [0.15, 0.2) is 59.8 Å². The van der Waals surface area contributed by atoms with E-state index in [1.165, 1.54) is 0 Å². The molecule has 5 nitrogen and oxygen atoms in total. The van der Waals surface area contributed by atoms with Crippen LogP contribution in [-0.2, 0) is 9.59 Å². The van der Waals surface area contributed by atoms with Crippen molar-refractivity contribution in [3.8, 4) is 11.5 Å². The fourth-order valence-corrected chi connectivity index (χ4v) is 4.44. The lowest BCUT2D eigenvalue weighted by Crippen LogP contribution is -2.43. The number of ether oxygens (including phenoxy) is 1. The van der Waals surface area contributed by atoms with Gasteiger partial charge in [0.15, 0.2) is 5.78 Å². The molecule has 5 heteroatoms. The average Bonchev–Trinajstić information content (AvgIpc) is 2.67. The second kappa shape index (κ2) is 7.07. The Labute approximate surface area is 170 Å². The summed E-state index contributed by atoms with van der Waals surface area (Å²) >= 11 is 0. The first-order chi connectivity index (χ1) is 13.8. The molecule has 1 aliphatic carbocycles. The highest BCUT2D eigenvalue weighted by atomic mass is 16.5. The Morgan fingerprint density at radius 3 is 2.28 bits per heavy atom. The van der Waals surface area contributed by atoms with Crippen LogP contribution in [0.25, 0.3) is 0 Å². The number of carbonyl (C=O) groups is 2. The first kappa shape index (κ1) is 19.2. The number of methoxy groups -OCH3 is 1. The van der Waals surface area contributed by atoms with Gasteiger partial charge in [-0.3, -0.25) is 14.5 Å². The molecule has 0 bridgehead atoms. The second-order valence-corrected chi connectivity index (χ2v) is 8.58. The molecule has 0 saturated heterocycles. The molecule has 0 aromatic heterocycles. The molecule has 1 amide bonds. The average molecular weight is 391 g/mol. The molecular weight excluding hydrogens is 366 g/mol. The molecule has 2 aliphatic rings. The fourth-order valence-electron chi connectivity index (χ4n) is 4.44. The molecule has 0 spiro atoms. The minimum absolute atomic E-state index is 0.0301. The van der Waals surface area contributed by atoms with Gasteiger partial charge in [0.2, 0.25) is 5.91 Å². The Morgan fingerprint density at radius 1 is 1.00 bits per heavy atom. The van der Waals surface area contributed by atoms with E-state index >= 15 is 0 Å². The zero-order chi connectivity index (χ0) is 20.8. The smallest absolute Gasteiger partial charge is 0.232 e. The molecule has 29 heavy (non-hydrogen) atoms. The number of amides is 1. The minimum atomic E-state index is -0.281. The van der Waals surface area contributed by atoms with Gasteiger partial charge in [-0.25, -0.2) is 0 Å². The predicted octanol–water partition coefficient (Wildman–Crippen LogP) is 4.56. The Kier molecular flexibility index (Phi) is 4.69. The zero-order valence-electron chi connectivity index (χ0n) is 16.9. The van der Waals surface area contributed by atoms with Gasteiger partial charge in [-0.15, -0.1) is 0 Å². The molecule has 1 aliphatic heterocycles. The van der Waals surface area contributed by atoms with Gasteiger partial charge < -0.3 is 9.84 Å². The summed E-state index contributed by atoms with van der Waals surface area (Å²) in [6, 6.07) is 14.2. The Hall–Kier alpha value is -3.08. The van der Waals surface area contributed by atoms with Crippen LogP contribution < -0.4 is 9.64 Å². The van der Waals surface area contributed by atoms with Crippen molar-refractivity contribution < 1.29 is 19.4 Å². The van der Waals surface area contributed by atoms with Crippen LogP contribution in [0.5, 0.6) is 11.5 Å². The third kappa shape index (κ3) is 3.53. The van der Waals surface area contributed by atoms with Gasteiger partial charge in [-0.1, -0.05) is 26.0 Å². The molecule has 2 aromatic rings. The molecular formula is C24H25NO4. The summed E-state index contributed by atoms with van der Waals surface area (Å²) in [5.41, 5.74) is 2.94. The quantitative estimate of drug-likeness (QED) is 0.833. The monoisotopic (exact) mass is 391 g/mol. The number of ketones is 1. The van der Waals surface area contributed by atoms with E-state index in [-0.39, 0.29) is 35.2 Å². The van der Waals surface area contributed by atoms with Crippen molar-refractivity contribution in [2.45, 2.75) is 39.0 Å². The molecule has 1 N–H and O–H groups in total. The number of Topliss-reactive ketones (excluding diaryl/α,β-unsaturated/α-hetero) is 1. The number of rotatable bonds is 3. The molecule has 1 atom stereocenters. The lowest BCUT2D eigenvalue weighted by Gasteiger charge is -2.43. The van der Waals surface area contributed by atoms with E-state index < -0.39 is 0 Å². The van der Waals surface area contributed by atoms with Crippen molar-refractivity contribution in [3.05, 3.63) is 65.4 Å². The van der Waals surface area contributed by atoms with Crippen LogP contribution >= 0.6 is 0 Å². The maximum Gasteiger partial charge on any atom is 0.232 e. The minimum Gasteiger partial charge on any atom is -0.508 e. The molecule has 1 unspecified atom stereocenters. The topological polar surface area (TPSA) is 66.8 Å². The standard InChI is InChI=1S/C24H25NO4/c1-24(2)13-20-23(21(27)14-24)19(15-4-8-17(26)9-5-15)12-22(28)25(20)16-6-10-18(29-3)11-7-16/h4-11,19,26H,12-14H2,1-3H3. The second-order valence-electron chi connectivity index (χ2n) is 8.58. The summed E-state index contributed by atoms with van der Waals surface area (Å²) in [7, 11) is 1.60. The van der Waals surface area contributed by atoms with Crippen LogP contribution in [0, 0.1) is 5.41 Å². The largest absolute Gasteiger partial charge is 0.508 e. The third-order valence-electron chi connectivity index (χ3n) is 5.77. The normalized spacial score (nSPS) is 21.2. The van der Waals surface area contributed by atoms with Crippen LogP contribution in [0.1, 0.15) is 44.6 Å². The van der Waals surface area contributed by atoms with E-state index in [1.807, 2.05) is 24.3 Å². The molecule has 150 valence electrons. The van der Waals surface area contributed by atoms with Crippen LogP contribution in [-0.4, -0.2) is 23.9 Å². The number of benzene rings is 2. The summed E-state index contributed by atoms with van der Waals surface area (Å²) in [6.07, 6.45) is 1.34. The van der Waals surface area contributed by atoms with Crippen molar-refractivity contribution in [3.63, 3.8) is 0 Å². The van der Waals surface area contributed by atoms with Crippen LogP contribution in [0.3, 0.4) is 0 Å². The summed E-state index contributed by atoms with van der Waals surface area (Å²) < 4.78 is 5.23. The molecule has 0 fully saturated rings. The zero-order valence-corrected chi connectivity index (χ0v) is 16.9. The van der Waals surface area contributed by atoms with Crippen molar-refractivity contribution in [2.24, 2.45) is 5.41 Å². The van der Waals surface area contributed by atoms with Gasteiger partial charge in [0.05, 0.1) is 7.11 Å². The molecule has 0 saturated carbocycles. The van der Waals surface area contributed by atoms with E-state index in [9.17, 15) is 14.7 Å². The van der Waals surface area contributed by atoms with Crippen molar-refractivity contribution in [1.82, 2.24) is 0 Å². The maximum absolute atomic E-state index is 13.3. The Morgan fingerprint density at radius 2 is 1.66 bits per heavy atom. The van der Waals surface area contributed by atoms with E-state index in [0.29, 0.717) is 12.8 Å². The van der Waals surface area contributed by atoms with Gasteiger partial charge in [0.25, 0.3) is 0 Å². The number of hydrogen-bond acceptors (Lipinski definition) is 4.